The number of carbonyl (C=O) groups is 1. The second kappa shape index (κ2) is 10.3. The van der Waals surface area contributed by atoms with Crippen LogP contribution in [0.1, 0.15) is 62.1 Å². The third-order valence-electron chi connectivity index (χ3n) is 6.93. The van der Waals surface area contributed by atoms with Crippen molar-refractivity contribution in [1.29, 1.82) is 0 Å². The van der Waals surface area contributed by atoms with E-state index in [1.54, 1.807) is 0 Å². The van der Waals surface area contributed by atoms with Gasteiger partial charge in [0.25, 0.3) is 0 Å². The maximum Gasteiger partial charge on any atom is 0.307 e. The van der Waals surface area contributed by atoms with Crippen molar-refractivity contribution >= 4 is 16.9 Å². The normalized spacial score (nSPS) is 16.0. The minimum absolute atomic E-state index is 0.115. The quantitative estimate of drug-likeness (QED) is 0.358. The second-order valence-corrected chi connectivity index (χ2v) is 9.06. The van der Waals surface area contributed by atoms with Gasteiger partial charge >= 0.3 is 5.97 Å². The molecular formula is C28H35NO4. The van der Waals surface area contributed by atoms with Gasteiger partial charge < -0.3 is 19.1 Å². The predicted octanol–water partition coefficient (Wildman–Crippen LogP) is 6.12. The van der Waals surface area contributed by atoms with Gasteiger partial charge in [0.15, 0.2) is 0 Å². The molecule has 1 aromatic heterocycles. The number of aromatic nitrogens is 1. The molecule has 1 aliphatic rings. The molecule has 0 bridgehead atoms. The van der Waals surface area contributed by atoms with Crippen molar-refractivity contribution in [3.63, 3.8) is 0 Å². The lowest BCUT2D eigenvalue weighted by Gasteiger charge is -2.19. The van der Waals surface area contributed by atoms with Crippen LogP contribution in [0.25, 0.3) is 10.9 Å². The number of ether oxygens (including phenoxy) is 2. The number of hydrogen-bond donors (Lipinski definition) is 1. The third kappa shape index (κ3) is 4.87. The van der Waals surface area contributed by atoms with E-state index in [1.165, 1.54) is 27.6 Å². The third-order valence-corrected chi connectivity index (χ3v) is 6.93. The molecule has 0 fully saturated rings. The summed E-state index contributed by atoms with van der Waals surface area (Å²) in [5.41, 5.74) is 4.94. The molecule has 0 saturated heterocycles. The summed E-state index contributed by atoms with van der Waals surface area (Å²) in [5, 5.41) is 10.8. The first-order chi connectivity index (χ1) is 16.0. The van der Waals surface area contributed by atoms with E-state index in [0.29, 0.717) is 19.6 Å². The maximum atomic E-state index is 11.6. The summed E-state index contributed by atoms with van der Waals surface area (Å²) in [7, 11) is 2.07. The fourth-order valence-corrected chi connectivity index (χ4v) is 5.23. The molecule has 1 unspecified atom stereocenters. The van der Waals surface area contributed by atoms with Crippen LogP contribution in [-0.2, 0) is 24.7 Å². The lowest BCUT2D eigenvalue weighted by molar-refractivity contribution is -0.142. The minimum Gasteiger partial charge on any atom is -0.493 e. The zero-order valence-electron chi connectivity index (χ0n) is 20.0. The van der Waals surface area contributed by atoms with E-state index in [9.17, 15) is 9.90 Å². The number of fused-ring (bicyclic) bond motifs is 2. The second-order valence-electron chi connectivity index (χ2n) is 9.06. The molecule has 2 atom stereocenters. The van der Waals surface area contributed by atoms with Crippen LogP contribution in [-0.4, -0.2) is 28.9 Å². The van der Waals surface area contributed by atoms with E-state index in [1.807, 2.05) is 13.0 Å². The number of aliphatic carboxylic acids is 1. The van der Waals surface area contributed by atoms with Gasteiger partial charge in [0.1, 0.15) is 11.5 Å². The molecule has 2 aromatic carbocycles. The van der Waals surface area contributed by atoms with E-state index in [-0.39, 0.29) is 11.8 Å². The number of benzene rings is 2. The summed E-state index contributed by atoms with van der Waals surface area (Å²) < 4.78 is 14.3. The summed E-state index contributed by atoms with van der Waals surface area (Å²) in [5.74, 6) is 0.953. The number of rotatable bonds is 11. The molecule has 3 aromatic rings. The molecule has 4 rings (SSSR count). The fraction of sp³-hybridized carbons (Fsp3) is 0.464. The number of carboxylic acids is 1. The molecule has 1 heterocycles. The van der Waals surface area contributed by atoms with E-state index >= 15 is 0 Å². The SMILES string of the molecule is CCCc1c(OCCCOc2ccc3c(c2)CC[C@H]3C(CC)C(=O)O)ccc2c1ccn2C. The Kier molecular flexibility index (Phi) is 7.26. The van der Waals surface area contributed by atoms with E-state index < -0.39 is 5.97 Å². The molecule has 0 saturated carbocycles. The maximum absolute atomic E-state index is 11.6. The Bertz CT molecular complexity index is 1120. The Labute approximate surface area is 196 Å². The standard InChI is InChI=1S/C28H35NO4/c1-4-7-25-24-14-15-29(3)26(24)12-13-27(25)33-17-6-16-32-20-9-11-22-19(18-20)8-10-23(22)21(5-2)28(30)31/h9,11-15,18,21,23H,4-8,10,16-17H2,1-3H3,(H,30,31)/t21?,23-/m0/s1. The van der Waals surface area contributed by atoms with Gasteiger partial charge in [-0.15, -0.1) is 0 Å². The van der Waals surface area contributed by atoms with E-state index in [2.05, 4.69) is 55.1 Å². The molecule has 0 spiro atoms. The molecule has 176 valence electrons. The Morgan fingerprint density at radius 3 is 2.73 bits per heavy atom. The van der Waals surface area contributed by atoms with Gasteiger partial charge in [0, 0.05) is 36.1 Å². The van der Waals surface area contributed by atoms with Crippen LogP contribution >= 0.6 is 0 Å². The van der Waals surface area contributed by atoms with Crippen molar-refractivity contribution in [3.8, 4) is 11.5 Å². The lowest BCUT2D eigenvalue weighted by atomic mass is 9.85. The van der Waals surface area contributed by atoms with Crippen LogP contribution in [0.2, 0.25) is 0 Å². The summed E-state index contributed by atoms with van der Waals surface area (Å²) >= 11 is 0. The molecule has 1 N–H and O–H groups in total. The summed E-state index contributed by atoms with van der Waals surface area (Å²) in [6.45, 7) is 5.35. The van der Waals surface area contributed by atoms with E-state index in [0.717, 1.165) is 43.6 Å². The van der Waals surface area contributed by atoms with Crippen LogP contribution in [0, 0.1) is 5.92 Å². The average Bonchev–Trinajstić information content (AvgIpc) is 3.39. The predicted molar refractivity (Wildman–Crippen MR) is 131 cm³/mol. The number of nitrogens with zero attached hydrogens (tertiary/aromatic N) is 1. The molecular weight excluding hydrogens is 414 g/mol. The van der Waals surface area contributed by atoms with Crippen LogP contribution in [0.15, 0.2) is 42.6 Å². The number of carboxylic acid groups (broad SMARTS) is 1. The van der Waals surface area contributed by atoms with Crippen molar-refractivity contribution in [2.45, 2.75) is 58.3 Å². The van der Waals surface area contributed by atoms with Crippen LogP contribution < -0.4 is 9.47 Å². The molecule has 0 aliphatic heterocycles. The summed E-state index contributed by atoms with van der Waals surface area (Å²) in [6, 6.07) is 12.5. The van der Waals surface area contributed by atoms with E-state index in [4.69, 9.17) is 9.47 Å². The Hall–Kier alpha value is -2.95. The van der Waals surface area contributed by atoms with Crippen LogP contribution in [0.3, 0.4) is 0 Å². The van der Waals surface area contributed by atoms with Crippen molar-refractivity contribution in [2.24, 2.45) is 13.0 Å². The highest BCUT2D eigenvalue weighted by Crippen LogP contribution is 2.41. The summed E-state index contributed by atoms with van der Waals surface area (Å²) in [6.07, 6.45) is 7.48. The highest BCUT2D eigenvalue weighted by atomic mass is 16.5. The molecule has 0 amide bonds. The fourth-order valence-electron chi connectivity index (χ4n) is 5.23. The zero-order valence-corrected chi connectivity index (χ0v) is 20.0. The molecule has 0 radical (unpaired) electrons. The molecule has 33 heavy (non-hydrogen) atoms. The van der Waals surface area contributed by atoms with Crippen LogP contribution in [0.4, 0.5) is 0 Å². The zero-order chi connectivity index (χ0) is 23.4. The van der Waals surface area contributed by atoms with Crippen molar-refractivity contribution < 1.29 is 19.4 Å². The molecule has 1 aliphatic carbocycles. The first kappa shape index (κ1) is 23.2. The highest BCUT2D eigenvalue weighted by Gasteiger charge is 2.33. The van der Waals surface area contributed by atoms with Crippen molar-refractivity contribution in [1.82, 2.24) is 4.57 Å². The van der Waals surface area contributed by atoms with Crippen molar-refractivity contribution in [3.05, 3.63) is 59.3 Å². The number of hydrogen-bond acceptors (Lipinski definition) is 3. The van der Waals surface area contributed by atoms with Gasteiger partial charge in [-0.3, -0.25) is 4.79 Å². The Morgan fingerprint density at radius 2 is 1.97 bits per heavy atom. The minimum atomic E-state index is -0.691. The van der Waals surface area contributed by atoms with Gasteiger partial charge in [-0.2, -0.15) is 0 Å². The van der Waals surface area contributed by atoms with Gasteiger partial charge in [0.2, 0.25) is 0 Å². The molecule has 5 heteroatoms. The monoisotopic (exact) mass is 449 g/mol. The largest absolute Gasteiger partial charge is 0.493 e. The highest BCUT2D eigenvalue weighted by molar-refractivity contribution is 5.86. The van der Waals surface area contributed by atoms with Gasteiger partial charge in [0.05, 0.1) is 19.1 Å². The van der Waals surface area contributed by atoms with Crippen molar-refractivity contribution in [2.75, 3.05) is 13.2 Å². The topological polar surface area (TPSA) is 60.7 Å². The average molecular weight is 450 g/mol. The smallest absolute Gasteiger partial charge is 0.307 e. The molecule has 5 nitrogen and oxygen atoms in total. The lowest BCUT2D eigenvalue weighted by Crippen LogP contribution is -2.19. The first-order valence-corrected chi connectivity index (χ1v) is 12.2. The van der Waals surface area contributed by atoms with Gasteiger partial charge in [-0.05, 0) is 73.1 Å². The first-order valence-electron chi connectivity index (χ1n) is 12.2. The Balaban J connectivity index is 1.31. The number of aryl methyl sites for hydroxylation is 3. The van der Waals surface area contributed by atoms with Gasteiger partial charge in [-0.25, -0.2) is 0 Å². The van der Waals surface area contributed by atoms with Crippen LogP contribution in [0.5, 0.6) is 11.5 Å². The summed E-state index contributed by atoms with van der Waals surface area (Å²) in [4.78, 5) is 11.6. The Morgan fingerprint density at radius 1 is 1.15 bits per heavy atom. The van der Waals surface area contributed by atoms with Gasteiger partial charge in [-0.1, -0.05) is 26.3 Å².